The van der Waals surface area contributed by atoms with Crippen LogP contribution < -0.4 is 10.6 Å². The van der Waals surface area contributed by atoms with E-state index in [-0.39, 0.29) is 11.8 Å². The highest BCUT2D eigenvalue weighted by molar-refractivity contribution is 7.80. The molecule has 0 aliphatic carbocycles. The molecule has 0 atom stereocenters. The van der Waals surface area contributed by atoms with Crippen LogP contribution in [0, 0.1) is 0 Å². The number of para-hydroxylation sites is 1. The Labute approximate surface area is 174 Å². The average Bonchev–Trinajstić information content (AvgIpc) is 2.75. The Bertz CT molecular complexity index is 1020. The minimum Gasteiger partial charge on any atom is -0.462 e. The molecule has 0 bridgehead atoms. The largest absolute Gasteiger partial charge is 0.462 e. The zero-order valence-corrected chi connectivity index (χ0v) is 16.7. The van der Waals surface area contributed by atoms with E-state index in [9.17, 15) is 9.59 Å². The number of ether oxygens (including phenoxy) is 1. The van der Waals surface area contributed by atoms with Crippen molar-refractivity contribution in [1.29, 1.82) is 0 Å². The third kappa shape index (κ3) is 5.27. The number of hydrogen-bond donors (Lipinski definition) is 2. The van der Waals surface area contributed by atoms with Gasteiger partial charge in [0.15, 0.2) is 10.9 Å². The van der Waals surface area contributed by atoms with Crippen LogP contribution in [-0.2, 0) is 4.74 Å². The molecule has 0 aromatic heterocycles. The molecule has 0 unspecified atom stereocenters. The zero-order valence-electron chi connectivity index (χ0n) is 15.8. The first-order valence-corrected chi connectivity index (χ1v) is 9.53. The lowest BCUT2D eigenvalue weighted by atomic mass is 10.0. The fourth-order valence-corrected chi connectivity index (χ4v) is 2.95. The van der Waals surface area contributed by atoms with E-state index in [1.807, 2.05) is 30.3 Å². The minimum atomic E-state index is -0.367. The standard InChI is InChI=1S/C23H20N2O3S/c1-2-28-22(27)17-12-14-18(15-13-17)24-23(29)25-20-11-7-6-10-19(20)21(26)16-8-4-3-5-9-16/h3-15H,2H2,1H3,(H2,24,25,29). The van der Waals surface area contributed by atoms with Gasteiger partial charge in [-0.3, -0.25) is 4.79 Å². The van der Waals surface area contributed by atoms with E-state index in [2.05, 4.69) is 10.6 Å². The van der Waals surface area contributed by atoms with E-state index in [1.54, 1.807) is 55.5 Å². The summed E-state index contributed by atoms with van der Waals surface area (Å²) in [6, 6.07) is 23.1. The lowest BCUT2D eigenvalue weighted by Crippen LogP contribution is -2.21. The average molecular weight is 404 g/mol. The van der Waals surface area contributed by atoms with Crippen molar-refractivity contribution in [2.45, 2.75) is 6.92 Å². The van der Waals surface area contributed by atoms with Crippen molar-refractivity contribution in [2.75, 3.05) is 17.2 Å². The van der Waals surface area contributed by atoms with Gasteiger partial charge in [-0.2, -0.15) is 0 Å². The molecule has 0 aliphatic rings. The number of hydrogen-bond acceptors (Lipinski definition) is 4. The molecule has 3 aromatic carbocycles. The van der Waals surface area contributed by atoms with Gasteiger partial charge < -0.3 is 15.4 Å². The summed E-state index contributed by atoms with van der Waals surface area (Å²) in [5, 5.41) is 6.46. The van der Waals surface area contributed by atoms with Crippen molar-refractivity contribution in [3.63, 3.8) is 0 Å². The summed E-state index contributed by atoms with van der Waals surface area (Å²) in [5.41, 5.74) is 2.93. The molecular weight excluding hydrogens is 384 g/mol. The van der Waals surface area contributed by atoms with Crippen LogP contribution in [-0.4, -0.2) is 23.5 Å². The van der Waals surface area contributed by atoms with Crippen LogP contribution >= 0.6 is 12.2 Å². The second kappa shape index (κ2) is 9.61. The summed E-state index contributed by atoms with van der Waals surface area (Å²) in [6.45, 7) is 2.09. The molecule has 146 valence electrons. The van der Waals surface area contributed by atoms with Gasteiger partial charge in [0.05, 0.1) is 17.9 Å². The predicted molar refractivity (Wildman–Crippen MR) is 119 cm³/mol. The molecule has 2 N–H and O–H groups in total. The van der Waals surface area contributed by atoms with Gasteiger partial charge in [0.25, 0.3) is 0 Å². The quantitative estimate of drug-likeness (QED) is 0.346. The molecule has 0 heterocycles. The maximum absolute atomic E-state index is 12.8. The molecule has 0 radical (unpaired) electrons. The van der Waals surface area contributed by atoms with Crippen LogP contribution in [0.2, 0.25) is 0 Å². The maximum atomic E-state index is 12.8. The van der Waals surface area contributed by atoms with Gasteiger partial charge in [-0.25, -0.2) is 4.79 Å². The van der Waals surface area contributed by atoms with Gasteiger partial charge in [-0.15, -0.1) is 0 Å². The molecule has 3 rings (SSSR count). The highest BCUT2D eigenvalue weighted by Crippen LogP contribution is 2.20. The Morgan fingerprint density at radius 3 is 2.17 bits per heavy atom. The summed E-state index contributed by atoms with van der Waals surface area (Å²) < 4.78 is 4.97. The monoisotopic (exact) mass is 404 g/mol. The molecule has 3 aromatic rings. The molecule has 0 saturated carbocycles. The lowest BCUT2D eigenvalue weighted by Gasteiger charge is -2.14. The van der Waals surface area contributed by atoms with E-state index < -0.39 is 0 Å². The van der Waals surface area contributed by atoms with Crippen LogP contribution in [0.15, 0.2) is 78.9 Å². The predicted octanol–water partition coefficient (Wildman–Crippen LogP) is 4.90. The molecule has 0 spiro atoms. The Hall–Kier alpha value is -3.51. The number of rotatable bonds is 6. The summed E-state index contributed by atoms with van der Waals surface area (Å²) in [4.78, 5) is 24.5. The normalized spacial score (nSPS) is 10.1. The van der Waals surface area contributed by atoms with Crippen molar-refractivity contribution in [2.24, 2.45) is 0 Å². The van der Waals surface area contributed by atoms with Crippen molar-refractivity contribution in [3.05, 3.63) is 95.6 Å². The van der Waals surface area contributed by atoms with E-state index >= 15 is 0 Å². The fraction of sp³-hybridized carbons (Fsp3) is 0.0870. The van der Waals surface area contributed by atoms with Gasteiger partial charge in [-0.1, -0.05) is 42.5 Å². The first kappa shape index (κ1) is 20.2. The number of carbonyl (C=O) groups excluding carboxylic acids is 2. The zero-order chi connectivity index (χ0) is 20.6. The third-order valence-electron chi connectivity index (χ3n) is 4.11. The molecule has 0 amide bonds. The van der Waals surface area contributed by atoms with E-state index in [1.165, 1.54) is 0 Å². The highest BCUT2D eigenvalue weighted by Gasteiger charge is 2.14. The van der Waals surface area contributed by atoms with Crippen molar-refractivity contribution in [1.82, 2.24) is 0 Å². The van der Waals surface area contributed by atoms with Crippen LogP contribution in [0.5, 0.6) is 0 Å². The molecule has 6 heteroatoms. The molecule has 0 saturated heterocycles. The summed E-state index contributed by atoms with van der Waals surface area (Å²) >= 11 is 5.38. The number of anilines is 2. The molecule has 29 heavy (non-hydrogen) atoms. The molecule has 5 nitrogen and oxygen atoms in total. The van der Waals surface area contributed by atoms with Crippen LogP contribution in [0.3, 0.4) is 0 Å². The number of esters is 1. The van der Waals surface area contributed by atoms with Crippen LogP contribution in [0.4, 0.5) is 11.4 Å². The Morgan fingerprint density at radius 1 is 0.828 bits per heavy atom. The van der Waals surface area contributed by atoms with E-state index in [0.29, 0.717) is 39.8 Å². The summed E-state index contributed by atoms with van der Waals surface area (Å²) in [5.74, 6) is -0.455. The minimum absolute atomic E-state index is 0.0877. The summed E-state index contributed by atoms with van der Waals surface area (Å²) in [7, 11) is 0. The van der Waals surface area contributed by atoms with Gasteiger partial charge in [0.2, 0.25) is 0 Å². The number of ketones is 1. The highest BCUT2D eigenvalue weighted by atomic mass is 32.1. The fourth-order valence-electron chi connectivity index (χ4n) is 2.72. The van der Waals surface area contributed by atoms with E-state index in [4.69, 9.17) is 17.0 Å². The van der Waals surface area contributed by atoms with Crippen LogP contribution in [0.1, 0.15) is 33.2 Å². The van der Waals surface area contributed by atoms with E-state index in [0.717, 1.165) is 0 Å². The third-order valence-corrected chi connectivity index (χ3v) is 4.31. The Balaban J connectivity index is 1.70. The first-order chi connectivity index (χ1) is 14.1. The Kier molecular flexibility index (Phi) is 6.71. The summed E-state index contributed by atoms with van der Waals surface area (Å²) in [6.07, 6.45) is 0. The maximum Gasteiger partial charge on any atom is 0.338 e. The van der Waals surface area contributed by atoms with Gasteiger partial charge in [0.1, 0.15) is 0 Å². The smallest absolute Gasteiger partial charge is 0.338 e. The van der Waals surface area contributed by atoms with Crippen molar-refractivity contribution in [3.8, 4) is 0 Å². The number of benzene rings is 3. The Morgan fingerprint density at radius 2 is 1.48 bits per heavy atom. The second-order valence-electron chi connectivity index (χ2n) is 6.12. The van der Waals surface area contributed by atoms with Gasteiger partial charge in [-0.05, 0) is 55.5 Å². The SMILES string of the molecule is CCOC(=O)c1ccc(NC(=S)Nc2ccccc2C(=O)c2ccccc2)cc1. The topological polar surface area (TPSA) is 67.4 Å². The second-order valence-corrected chi connectivity index (χ2v) is 6.53. The van der Waals surface area contributed by atoms with Crippen molar-refractivity contribution < 1.29 is 14.3 Å². The molecule has 0 aliphatic heterocycles. The lowest BCUT2D eigenvalue weighted by molar-refractivity contribution is 0.0526. The van der Waals surface area contributed by atoms with Crippen molar-refractivity contribution >= 4 is 40.5 Å². The van der Waals surface area contributed by atoms with Gasteiger partial charge >= 0.3 is 5.97 Å². The number of thiocarbonyl (C=S) groups is 1. The van der Waals surface area contributed by atoms with Crippen LogP contribution in [0.25, 0.3) is 0 Å². The molecule has 0 fully saturated rings. The molecular formula is C23H20N2O3S. The first-order valence-electron chi connectivity index (χ1n) is 9.12. The van der Waals surface area contributed by atoms with Gasteiger partial charge in [0, 0.05) is 16.8 Å². The number of carbonyl (C=O) groups is 2. The number of nitrogens with one attached hydrogen (secondary N) is 2.